The maximum Gasteiger partial charge on any atom is 0.354 e. The maximum absolute atomic E-state index is 11.1. The molecule has 0 radical (unpaired) electrons. The number of carboxylic acid groups (broad SMARTS) is 1. The van der Waals surface area contributed by atoms with Gasteiger partial charge in [-0.05, 0) is 25.5 Å². The van der Waals surface area contributed by atoms with Crippen molar-refractivity contribution in [2.45, 2.75) is 25.9 Å². The molecular weight excluding hydrogens is 232 g/mol. The molecule has 98 valence electrons. The van der Waals surface area contributed by atoms with E-state index in [0.717, 1.165) is 12.1 Å². The fraction of sp³-hybridized carbons (Fsp3) is 0.538. The van der Waals surface area contributed by atoms with Crippen molar-refractivity contribution >= 4 is 5.97 Å². The highest BCUT2D eigenvalue weighted by molar-refractivity contribution is 5.86. The Kier molecular flexibility index (Phi) is 3.63. The van der Waals surface area contributed by atoms with Gasteiger partial charge >= 0.3 is 5.97 Å². The summed E-state index contributed by atoms with van der Waals surface area (Å²) in [6.07, 6.45) is 1.51. The number of morpholine rings is 1. The number of pyridine rings is 1. The van der Waals surface area contributed by atoms with Gasteiger partial charge in [0.05, 0.1) is 13.2 Å². The Morgan fingerprint density at radius 3 is 3.06 bits per heavy atom. The normalized spacial score (nSPS) is 19.7. The van der Waals surface area contributed by atoms with Gasteiger partial charge in [-0.2, -0.15) is 0 Å². The summed E-state index contributed by atoms with van der Waals surface area (Å²) in [5, 5.41) is 9.12. The molecule has 1 fully saturated rings. The van der Waals surface area contributed by atoms with Crippen LogP contribution in [0.5, 0.6) is 0 Å². The van der Waals surface area contributed by atoms with Gasteiger partial charge in [-0.25, -0.2) is 9.78 Å². The smallest absolute Gasteiger partial charge is 0.354 e. The van der Waals surface area contributed by atoms with Crippen LogP contribution in [0.15, 0.2) is 18.3 Å². The average molecular weight is 250 g/mol. The van der Waals surface area contributed by atoms with Gasteiger partial charge in [0.2, 0.25) is 0 Å². The number of aromatic nitrogens is 1. The van der Waals surface area contributed by atoms with Gasteiger partial charge in [0.25, 0.3) is 0 Å². The number of carboxylic acids is 1. The number of aromatic carboxylic acids is 1. The van der Waals surface area contributed by atoms with Crippen LogP contribution in [0.4, 0.5) is 0 Å². The van der Waals surface area contributed by atoms with Crippen molar-refractivity contribution in [3.05, 3.63) is 29.6 Å². The molecule has 2 heterocycles. The zero-order valence-corrected chi connectivity index (χ0v) is 10.7. The Balaban J connectivity index is 2.21. The molecule has 1 aliphatic rings. The third-order valence-electron chi connectivity index (χ3n) is 3.27. The lowest BCUT2D eigenvalue weighted by molar-refractivity contribution is -0.0554. The predicted molar refractivity (Wildman–Crippen MR) is 66.5 cm³/mol. The van der Waals surface area contributed by atoms with E-state index in [1.165, 1.54) is 6.20 Å². The number of carbonyl (C=O) groups is 1. The summed E-state index contributed by atoms with van der Waals surface area (Å²) in [6.45, 7) is 6.94. The Morgan fingerprint density at radius 2 is 2.39 bits per heavy atom. The lowest BCUT2D eigenvalue weighted by atomic mass is 10.0. The zero-order chi connectivity index (χ0) is 13.2. The maximum atomic E-state index is 11.1. The van der Waals surface area contributed by atoms with E-state index in [2.05, 4.69) is 23.7 Å². The molecular formula is C13H18N2O3. The molecule has 1 N–H and O–H groups in total. The molecule has 0 atom stereocenters. The van der Waals surface area contributed by atoms with Crippen molar-refractivity contribution in [2.24, 2.45) is 0 Å². The summed E-state index contributed by atoms with van der Waals surface area (Å²) in [5.74, 6) is -0.975. The third kappa shape index (κ3) is 2.68. The Morgan fingerprint density at radius 1 is 1.61 bits per heavy atom. The van der Waals surface area contributed by atoms with Crippen LogP contribution in [-0.2, 0) is 11.3 Å². The molecule has 0 unspecified atom stereocenters. The number of rotatable bonds is 3. The summed E-state index contributed by atoms with van der Waals surface area (Å²) in [6, 6.07) is 3.59. The van der Waals surface area contributed by atoms with Crippen LogP contribution in [0.1, 0.15) is 29.9 Å². The van der Waals surface area contributed by atoms with E-state index in [4.69, 9.17) is 9.84 Å². The summed E-state index contributed by atoms with van der Waals surface area (Å²) in [7, 11) is 0. The SMILES string of the molecule is CC1(C)COCCN1Cc1cccnc1C(=O)O. The van der Waals surface area contributed by atoms with Gasteiger partial charge in [-0.3, -0.25) is 4.90 Å². The van der Waals surface area contributed by atoms with Gasteiger partial charge in [-0.1, -0.05) is 6.07 Å². The lowest BCUT2D eigenvalue weighted by Crippen LogP contribution is -2.52. The number of ether oxygens (including phenoxy) is 1. The average Bonchev–Trinajstić information content (AvgIpc) is 2.32. The molecule has 1 aromatic heterocycles. The van der Waals surface area contributed by atoms with Crippen molar-refractivity contribution in [1.29, 1.82) is 0 Å². The van der Waals surface area contributed by atoms with Crippen LogP contribution >= 0.6 is 0 Å². The molecule has 0 aromatic carbocycles. The Labute approximate surface area is 106 Å². The van der Waals surface area contributed by atoms with E-state index in [-0.39, 0.29) is 11.2 Å². The van der Waals surface area contributed by atoms with E-state index >= 15 is 0 Å². The number of nitrogens with zero attached hydrogens (tertiary/aromatic N) is 2. The second kappa shape index (κ2) is 5.04. The van der Waals surface area contributed by atoms with Gasteiger partial charge in [0, 0.05) is 24.8 Å². The fourth-order valence-corrected chi connectivity index (χ4v) is 2.15. The quantitative estimate of drug-likeness (QED) is 0.878. The van der Waals surface area contributed by atoms with E-state index in [9.17, 15) is 4.79 Å². The van der Waals surface area contributed by atoms with E-state index in [1.54, 1.807) is 6.07 Å². The highest BCUT2D eigenvalue weighted by Gasteiger charge is 2.31. The van der Waals surface area contributed by atoms with Crippen molar-refractivity contribution in [3.63, 3.8) is 0 Å². The van der Waals surface area contributed by atoms with Crippen molar-refractivity contribution < 1.29 is 14.6 Å². The minimum absolute atomic E-state index is 0.0795. The minimum atomic E-state index is -0.975. The molecule has 0 saturated carbocycles. The molecule has 1 aliphatic heterocycles. The minimum Gasteiger partial charge on any atom is -0.477 e. The first-order valence-corrected chi connectivity index (χ1v) is 6.01. The fourth-order valence-electron chi connectivity index (χ4n) is 2.15. The first-order valence-electron chi connectivity index (χ1n) is 6.01. The summed E-state index contributed by atoms with van der Waals surface area (Å²) in [5.41, 5.74) is 0.809. The van der Waals surface area contributed by atoms with Gasteiger partial charge in [0.15, 0.2) is 5.69 Å². The number of hydrogen-bond acceptors (Lipinski definition) is 4. The van der Waals surface area contributed by atoms with Gasteiger partial charge < -0.3 is 9.84 Å². The molecule has 5 nitrogen and oxygen atoms in total. The molecule has 1 saturated heterocycles. The van der Waals surface area contributed by atoms with Crippen LogP contribution in [0.3, 0.4) is 0 Å². The second-order valence-corrected chi connectivity index (χ2v) is 5.10. The topological polar surface area (TPSA) is 62.7 Å². The van der Waals surface area contributed by atoms with Crippen LogP contribution in [0.2, 0.25) is 0 Å². The molecule has 2 rings (SSSR count). The van der Waals surface area contributed by atoms with E-state index in [0.29, 0.717) is 19.8 Å². The van der Waals surface area contributed by atoms with E-state index < -0.39 is 5.97 Å². The first-order chi connectivity index (χ1) is 8.50. The van der Waals surface area contributed by atoms with Crippen molar-refractivity contribution in [2.75, 3.05) is 19.8 Å². The highest BCUT2D eigenvalue weighted by atomic mass is 16.5. The first kappa shape index (κ1) is 13.0. The Hall–Kier alpha value is -1.46. The van der Waals surface area contributed by atoms with Gasteiger partial charge in [-0.15, -0.1) is 0 Å². The largest absolute Gasteiger partial charge is 0.477 e. The van der Waals surface area contributed by atoms with Crippen LogP contribution in [-0.4, -0.2) is 46.3 Å². The summed E-state index contributed by atoms with van der Waals surface area (Å²) < 4.78 is 5.46. The van der Waals surface area contributed by atoms with Gasteiger partial charge in [0.1, 0.15) is 0 Å². The Bertz CT molecular complexity index is 446. The molecule has 0 amide bonds. The van der Waals surface area contributed by atoms with Crippen LogP contribution < -0.4 is 0 Å². The lowest BCUT2D eigenvalue weighted by Gasteiger charge is -2.42. The molecule has 18 heavy (non-hydrogen) atoms. The third-order valence-corrected chi connectivity index (χ3v) is 3.27. The molecule has 0 aliphatic carbocycles. The van der Waals surface area contributed by atoms with Crippen molar-refractivity contribution in [1.82, 2.24) is 9.88 Å². The van der Waals surface area contributed by atoms with Crippen LogP contribution in [0, 0.1) is 0 Å². The molecule has 5 heteroatoms. The predicted octanol–water partition coefficient (Wildman–Crippen LogP) is 1.39. The molecule has 0 spiro atoms. The summed E-state index contributed by atoms with van der Waals surface area (Å²) >= 11 is 0. The highest BCUT2D eigenvalue weighted by Crippen LogP contribution is 2.22. The van der Waals surface area contributed by atoms with Crippen molar-refractivity contribution in [3.8, 4) is 0 Å². The standard InChI is InChI=1S/C13H18N2O3/c1-13(2)9-18-7-6-15(13)8-10-4-3-5-14-11(10)12(16)17/h3-5H,6-9H2,1-2H3,(H,16,17). The summed E-state index contributed by atoms with van der Waals surface area (Å²) in [4.78, 5) is 17.3. The number of hydrogen-bond donors (Lipinski definition) is 1. The molecule has 1 aromatic rings. The zero-order valence-electron chi connectivity index (χ0n) is 10.7. The second-order valence-electron chi connectivity index (χ2n) is 5.10. The van der Waals surface area contributed by atoms with Crippen LogP contribution in [0.25, 0.3) is 0 Å². The van der Waals surface area contributed by atoms with E-state index in [1.807, 2.05) is 6.07 Å². The monoisotopic (exact) mass is 250 g/mol. The molecule has 0 bridgehead atoms.